The second-order valence-electron chi connectivity index (χ2n) is 5.37. The van der Waals surface area contributed by atoms with Crippen LogP contribution in [0, 0.1) is 11.6 Å². The van der Waals surface area contributed by atoms with Gasteiger partial charge in [0.15, 0.2) is 11.6 Å². The van der Waals surface area contributed by atoms with Crippen molar-refractivity contribution in [3.63, 3.8) is 0 Å². The maximum atomic E-state index is 13.2. The molecule has 0 atom stereocenters. The summed E-state index contributed by atoms with van der Waals surface area (Å²) in [5, 5.41) is 6.33. The molecule has 2 amide bonds. The van der Waals surface area contributed by atoms with Gasteiger partial charge in [0.25, 0.3) is 5.91 Å². The molecule has 128 valence electrons. The minimum Gasteiger partial charge on any atom is -0.352 e. The van der Waals surface area contributed by atoms with E-state index in [0.717, 1.165) is 12.1 Å². The Morgan fingerprint density at radius 3 is 2.67 bits per heavy atom. The van der Waals surface area contributed by atoms with Crippen LogP contribution in [0.15, 0.2) is 35.0 Å². The van der Waals surface area contributed by atoms with Gasteiger partial charge in [-0.25, -0.2) is 8.78 Å². The monoisotopic (exact) mass is 352 g/mol. The van der Waals surface area contributed by atoms with Gasteiger partial charge < -0.3 is 10.2 Å². The van der Waals surface area contributed by atoms with Gasteiger partial charge in [0.05, 0.1) is 0 Å². The smallest absolute Gasteiger partial charge is 0.252 e. The molecule has 0 unspecified atom stereocenters. The molecule has 1 aromatic heterocycles. The minimum atomic E-state index is -0.926. The molecule has 0 spiro atoms. The quantitative estimate of drug-likeness (QED) is 0.778. The molecule has 1 aromatic carbocycles. The van der Waals surface area contributed by atoms with Crippen LogP contribution in [-0.2, 0) is 11.3 Å². The van der Waals surface area contributed by atoms with Crippen LogP contribution in [0.1, 0.15) is 28.8 Å². The Labute approximate surface area is 143 Å². The number of thiophene rings is 1. The summed E-state index contributed by atoms with van der Waals surface area (Å²) in [5.74, 6) is -2.11. The normalized spacial score (nSPS) is 10.5. The van der Waals surface area contributed by atoms with Gasteiger partial charge >= 0.3 is 0 Å². The third-order valence-electron chi connectivity index (χ3n) is 3.47. The summed E-state index contributed by atoms with van der Waals surface area (Å²) in [6.45, 7) is 0.608. The van der Waals surface area contributed by atoms with E-state index in [0.29, 0.717) is 24.1 Å². The number of carbonyl (C=O) groups excluding carboxylic acids is 2. The summed E-state index contributed by atoms with van der Waals surface area (Å²) >= 11 is 1.45. The molecule has 4 nitrogen and oxygen atoms in total. The third kappa shape index (κ3) is 5.13. The molecule has 0 aliphatic rings. The van der Waals surface area contributed by atoms with Crippen molar-refractivity contribution in [3.8, 4) is 0 Å². The van der Waals surface area contributed by atoms with E-state index in [1.54, 1.807) is 18.5 Å². The zero-order chi connectivity index (χ0) is 17.5. The molecule has 0 radical (unpaired) electrons. The first kappa shape index (κ1) is 18.1. The number of benzene rings is 1. The summed E-state index contributed by atoms with van der Waals surface area (Å²) in [5.41, 5.74) is 1.14. The molecular weight excluding hydrogens is 334 g/mol. The number of hydrogen-bond acceptors (Lipinski definition) is 3. The van der Waals surface area contributed by atoms with E-state index < -0.39 is 11.6 Å². The Kier molecular flexibility index (Phi) is 6.43. The maximum absolute atomic E-state index is 13.2. The van der Waals surface area contributed by atoms with Gasteiger partial charge in [-0.1, -0.05) is 6.07 Å². The topological polar surface area (TPSA) is 49.4 Å². The lowest BCUT2D eigenvalue weighted by molar-refractivity contribution is -0.130. The van der Waals surface area contributed by atoms with E-state index >= 15 is 0 Å². The van der Waals surface area contributed by atoms with E-state index in [4.69, 9.17) is 0 Å². The summed E-state index contributed by atoms with van der Waals surface area (Å²) in [4.78, 5) is 25.2. The molecule has 7 heteroatoms. The number of nitrogens with one attached hydrogen (secondary N) is 1. The van der Waals surface area contributed by atoms with E-state index in [1.807, 2.05) is 5.38 Å². The molecule has 0 aliphatic carbocycles. The van der Waals surface area contributed by atoms with Crippen LogP contribution in [0.2, 0.25) is 0 Å². The third-order valence-corrected chi connectivity index (χ3v) is 4.15. The van der Waals surface area contributed by atoms with Crippen molar-refractivity contribution in [2.24, 2.45) is 0 Å². The van der Waals surface area contributed by atoms with Crippen LogP contribution in [-0.4, -0.2) is 30.3 Å². The van der Waals surface area contributed by atoms with Crippen molar-refractivity contribution in [1.29, 1.82) is 0 Å². The van der Waals surface area contributed by atoms with Gasteiger partial charge in [-0.05, 0) is 35.6 Å². The first-order chi connectivity index (χ1) is 11.5. The fourth-order valence-electron chi connectivity index (χ4n) is 2.13. The SMILES string of the molecule is CN(Cc1ccc(F)c(F)c1)C(=O)CCCNC(=O)c1ccsc1. The molecule has 0 saturated carbocycles. The van der Waals surface area contributed by atoms with Crippen LogP contribution < -0.4 is 5.32 Å². The van der Waals surface area contributed by atoms with Crippen molar-refractivity contribution in [3.05, 3.63) is 57.8 Å². The Hall–Kier alpha value is -2.28. The van der Waals surface area contributed by atoms with Crippen molar-refractivity contribution >= 4 is 23.2 Å². The molecular formula is C17H18F2N2O2S. The van der Waals surface area contributed by atoms with Crippen molar-refractivity contribution in [1.82, 2.24) is 10.2 Å². The van der Waals surface area contributed by atoms with E-state index in [-0.39, 0.29) is 24.8 Å². The standard InChI is InChI=1S/C17H18F2N2O2S/c1-21(10-12-4-5-14(18)15(19)9-12)16(22)3-2-7-20-17(23)13-6-8-24-11-13/h4-6,8-9,11H,2-3,7,10H2,1H3,(H,20,23). The van der Waals surface area contributed by atoms with Crippen LogP contribution >= 0.6 is 11.3 Å². The molecule has 2 aromatic rings. The van der Waals surface area contributed by atoms with Gasteiger partial charge in [-0.3, -0.25) is 9.59 Å². The maximum Gasteiger partial charge on any atom is 0.252 e. The molecule has 1 heterocycles. The number of rotatable bonds is 7. The Morgan fingerprint density at radius 1 is 1.21 bits per heavy atom. The fourth-order valence-corrected chi connectivity index (χ4v) is 2.76. The summed E-state index contributed by atoms with van der Waals surface area (Å²) < 4.78 is 26.0. The number of hydrogen-bond donors (Lipinski definition) is 1. The van der Waals surface area contributed by atoms with E-state index in [2.05, 4.69) is 5.32 Å². The molecule has 0 saturated heterocycles. The molecule has 2 rings (SSSR count). The first-order valence-corrected chi connectivity index (χ1v) is 8.40. The van der Waals surface area contributed by atoms with Gasteiger partial charge in [-0.2, -0.15) is 11.3 Å². The lowest BCUT2D eigenvalue weighted by atomic mass is 10.2. The molecule has 0 bridgehead atoms. The Bertz CT molecular complexity index is 705. The highest BCUT2D eigenvalue weighted by Crippen LogP contribution is 2.11. The van der Waals surface area contributed by atoms with Gasteiger partial charge in [-0.15, -0.1) is 0 Å². The van der Waals surface area contributed by atoms with E-state index in [9.17, 15) is 18.4 Å². The number of carbonyl (C=O) groups is 2. The second-order valence-corrected chi connectivity index (χ2v) is 6.15. The molecule has 0 aliphatic heterocycles. The van der Waals surface area contributed by atoms with Crippen molar-refractivity contribution < 1.29 is 18.4 Å². The lowest BCUT2D eigenvalue weighted by Crippen LogP contribution is -2.28. The fraction of sp³-hybridized carbons (Fsp3) is 0.294. The largest absolute Gasteiger partial charge is 0.352 e. The molecule has 1 N–H and O–H groups in total. The average Bonchev–Trinajstić information content (AvgIpc) is 3.09. The summed E-state index contributed by atoms with van der Waals surface area (Å²) in [6, 6.07) is 5.31. The summed E-state index contributed by atoms with van der Waals surface area (Å²) in [7, 11) is 1.60. The van der Waals surface area contributed by atoms with Crippen LogP contribution in [0.25, 0.3) is 0 Å². The Balaban J connectivity index is 1.71. The van der Waals surface area contributed by atoms with Crippen LogP contribution in [0.3, 0.4) is 0 Å². The average molecular weight is 352 g/mol. The molecule has 24 heavy (non-hydrogen) atoms. The Morgan fingerprint density at radius 2 is 2.00 bits per heavy atom. The minimum absolute atomic E-state index is 0.121. The second kappa shape index (κ2) is 8.54. The van der Waals surface area contributed by atoms with E-state index in [1.165, 1.54) is 22.3 Å². The number of halogens is 2. The predicted molar refractivity (Wildman–Crippen MR) is 88.7 cm³/mol. The zero-order valence-corrected chi connectivity index (χ0v) is 14.0. The van der Waals surface area contributed by atoms with Gasteiger partial charge in [0.1, 0.15) is 0 Å². The highest BCUT2D eigenvalue weighted by molar-refractivity contribution is 7.08. The lowest BCUT2D eigenvalue weighted by Gasteiger charge is -2.17. The van der Waals surface area contributed by atoms with Gasteiger partial charge in [0.2, 0.25) is 5.91 Å². The van der Waals surface area contributed by atoms with Gasteiger partial charge in [0, 0.05) is 37.5 Å². The number of nitrogens with zero attached hydrogens (tertiary/aromatic N) is 1. The number of amides is 2. The predicted octanol–water partition coefficient (Wildman–Crippen LogP) is 3.19. The highest BCUT2D eigenvalue weighted by Gasteiger charge is 2.11. The first-order valence-electron chi connectivity index (χ1n) is 7.45. The van der Waals surface area contributed by atoms with Crippen molar-refractivity contribution in [2.75, 3.05) is 13.6 Å². The summed E-state index contributed by atoms with van der Waals surface area (Å²) in [6.07, 6.45) is 0.779. The highest BCUT2D eigenvalue weighted by atomic mass is 32.1. The molecule has 0 fully saturated rings. The van der Waals surface area contributed by atoms with Crippen LogP contribution in [0.5, 0.6) is 0 Å². The zero-order valence-electron chi connectivity index (χ0n) is 13.2. The van der Waals surface area contributed by atoms with Crippen LogP contribution in [0.4, 0.5) is 8.78 Å². The van der Waals surface area contributed by atoms with Crippen molar-refractivity contribution in [2.45, 2.75) is 19.4 Å².